The summed E-state index contributed by atoms with van der Waals surface area (Å²) >= 11 is 0. The molecule has 0 aromatic heterocycles. The lowest BCUT2D eigenvalue weighted by atomic mass is 9.93. The lowest BCUT2D eigenvalue weighted by molar-refractivity contribution is 0.0694. The highest BCUT2D eigenvalue weighted by Crippen LogP contribution is 2.23. The van der Waals surface area contributed by atoms with Crippen molar-refractivity contribution in [3.05, 3.63) is 65.7 Å². The summed E-state index contributed by atoms with van der Waals surface area (Å²) in [6.45, 7) is 13.3. The maximum atomic E-state index is 10.6. The second-order valence-electron chi connectivity index (χ2n) is 7.01. The molecule has 0 aliphatic heterocycles. The smallest absolute Gasteiger partial charge is 0.115 e. The van der Waals surface area contributed by atoms with Gasteiger partial charge in [0, 0.05) is 6.04 Å². The SMILES string of the molecule is CC.CC.CCC(CCN(C)C(C)C(O)c1ccc(O)cc1)Cc1ccccc1. The van der Waals surface area contributed by atoms with Crippen molar-refractivity contribution in [2.75, 3.05) is 13.6 Å². The number of nitrogens with zero attached hydrogens (tertiary/aromatic N) is 1. The summed E-state index contributed by atoms with van der Waals surface area (Å²) in [5.74, 6) is 0.881. The highest BCUT2D eigenvalue weighted by molar-refractivity contribution is 5.27. The summed E-state index contributed by atoms with van der Waals surface area (Å²) in [6, 6.07) is 17.5. The van der Waals surface area contributed by atoms with Gasteiger partial charge in [-0.25, -0.2) is 0 Å². The van der Waals surface area contributed by atoms with Crippen molar-refractivity contribution in [2.24, 2.45) is 5.92 Å². The number of hydrogen-bond acceptors (Lipinski definition) is 3. The Hall–Kier alpha value is -1.84. The highest BCUT2D eigenvalue weighted by atomic mass is 16.3. The molecule has 2 aromatic carbocycles. The van der Waals surface area contributed by atoms with E-state index in [9.17, 15) is 10.2 Å². The number of aliphatic hydroxyl groups is 1. The topological polar surface area (TPSA) is 43.7 Å². The second kappa shape index (κ2) is 16.0. The Morgan fingerprint density at radius 1 is 0.897 bits per heavy atom. The van der Waals surface area contributed by atoms with Gasteiger partial charge >= 0.3 is 0 Å². The van der Waals surface area contributed by atoms with Crippen molar-refractivity contribution in [3.8, 4) is 5.75 Å². The molecule has 0 aliphatic carbocycles. The number of aromatic hydroxyl groups is 1. The van der Waals surface area contributed by atoms with E-state index in [1.807, 2.05) is 27.7 Å². The van der Waals surface area contributed by atoms with E-state index in [0.29, 0.717) is 5.92 Å². The van der Waals surface area contributed by atoms with Crippen LogP contribution in [0.5, 0.6) is 5.75 Å². The first-order valence-corrected chi connectivity index (χ1v) is 11.2. The van der Waals surface area contributed by atoms with Crippen LogP contribution in [-0.2, 0) is 6.42 Å². The molecule has 0 saturated carbocycles. The van der Waals surface area contributed by atoms with Gasteiger partial charge in [-0.2, -0.15) is 0 Å². The number of benzene rings is 2. The van der Waals surface area contributed by atoms with E-state index in [1.54, 1.807) is 24.3 Å². The normalized spacial score (nSPS) is 13.4. The van der Waals surface area contributed by atoms with Gasteiger partial charge < -0.3 is 15.1 Å². The molecular formula is C26H43NO2. The Balaban J connectivity index is 0.00000184. The zero-order chi connectivity index (χ0) is 22.2. The van der Waals surface area contributed by atoms with Gasteiger partial charge in [0.2, 0.25) is 0 Å². The second-order valence-corrected chi connectivity index (χ2v) is 7.01. The lowest BCUT2D eigenvalue weighted by Crippen LogP contribution is -2.35. The van der Waals surface area contributed by atoms with E-state index >= 15 is 0 Å². The number of rotatable bonds is 9. The fraction of sp³-hybridized carbons (Fsp3) is 0.538. The third kappa shape index (κ3) is 9.96. The minimum absolute atomic E-state index is 0.0266. The molecule has 0 amide bonds. The highest BCUT2D eigenvalue weighted by Gasteiger charge is 2.21. The molecule has 0 heterocycles. The Labute approximate surface area is 179 Å². The molecule has 3 nitrogen and oxygen atoms in total. The van der Waals surface area contributed by atoms with Crippen LogP contribution in [-0.4, -0.2) is 34.7 Å². The van der Waals surface area contributed by atoms with Gasteiger partial charge in [-0.1, -0.05) is 83.5 Å². The summed E-state index contributed by atoms with van der Waals surface area (Å²) in [5.41, 5.74) is 2.24. The largest absolute Gasteiger partial charge is 0.508 e. The third-order valence-electron chi connectivity index (χ3n) is 5.22. The Kier molecular flexibility index (Phi) is 15.0. The maximum absolute atomic E-state index is 10.6. The van der Waals surface area contributed by atoms with Gasteiger partial charge in [0.25, 0.3) is 0 Å². The number of likely N-dealkylation sites (N-methyl/N-ethyl adjacent to an activating group) is 1. The monoisotopic (exact) mass is 401 g/mol. The summed E-state index contributed by atoms with van der Waals surface area (Å²) < 4.78 is 0. The molecule has 0 bridgehead atoms. The first-order chi connectivity index (χ1) is 14.0. The number of phenolic OH excluding ortho intramolecular Hbond substituents is 1. The van der Waals surface area contributed by atoms with E-state index in [1.165, 1.54) is 5.56 Å². The van der Waals surface area contributed by atoms with Gasteiger partial charge in [-0.15, -0.1) is 0 Å². The summed E-state index contributed by atoms with van der Waals surface area (Å²) in [7, 11) is 2.07. The Morgan fingerprint density at radius 3 is 1.97 bits per heavy atom. The standard InChI is InChI=1S/C22H31NO2.2C2H6/c1-4-18(16-19-8-6-5-7-9-19)14-15-23(3)17(2)22(25)20-10-12-21(24)13-11-20;2*1-2/h5-13,17-18,22,24-25H,4,14-16H2,1-3H3;2*1-2H3. The molecule has 0 fully saturated rings. The summed E-state index contributed by atoms with van der Waals surface area (Å²) in [5, 5.41) is 20.0. The number of aliphatic hydroxyl groups excluding tert-OH is 1. The average molecular weight is 402 g/mol. The fourth-order valence-electron chi connectivity index (χ4n) is 3.18. The molecule has 3 heteroatoms. The van der Waals surface area contributed by atoms with Crippen LogP contribution in [0.2, 0.25) is 0 Å². The maximum Gasteiger partial charge on any atom is 0.115 e. The van der Waals surface area contributed by atoms with E-state index in [4.69, 9.17) is 0 Å². The lowest BCUT2D eigenvalue weighted by Gasteiger charge is -2.30. The van der Waals surface area contributed by atoms with Gasteiger partial charge in [0.05, 0.1) is 6.10 Å². The van der Waals surface area contributed by atoms with Crippen molar-refractivity contribution in [1.82, 2.24) is 4.90 Å². The van der Waals surface area contributed by atoms with Crippen LogP contribution in [0.1, 0.15) is 71.6 Å². The van der Waals surface area contributed by atoms with Crippen LogP contribution >= 0.6 is 0 Å². The van der Waals surface area contributed by atoms with E-state index in [0.717, 1.165) is 31.4 Å². The number of hydrogen-bond donors (Lipinski definition) is 2. The first-order valence-electron chi connectivity index (χ1n) is 11.2. The molecule has 3 atom stereocenters. The molecule has 0 saturated heterocycles. The quantitative estimate of drug-likeness (QED) is 0.507. The minimum Gasteiger partial charge on any atom is -0.508 e. The number of phenols is 1. The van der Waals surface area contributed by atoms with Gasteiger partial charge in [-0.3, -0.25) is 0 Å². The van der Waals surface area contributed by atoms with Crippen LogP contribution in [0.15, 0.2) is 54.6 Å². The Bertz CT molecular complexity index is 612. The van der Waals surface area contributed by atoms with Crippen LogP contribution in [0.4, 0.5) is 0 Å². The van der Waals surface area contributed by atoms with Crippen molar-refractivity contribution in [3.63, 3.8) is 0 Å². The molecule has 3 unspecified atom stereocenters. The zero-order valence-electron chi connectivity index (χ0n) is 19.6. The average Bonchev–Trinajstić information content (AvgIpc) is 2.79. The van der Waals surface area contributed by atoms with Crippen LogP contribution in [0.3, 0.4) is 0 Å². The molecule has 164 valence electrons. The van der Waals surface area contributed by atoms with Gasteiger partial charge in [0.15, 0.2) is 0 Å². The molecule has 29 heavy (non-hydrogen) atoms. The van der Waals surface area contributed by atoms with Crippen molar-refractivity contribution in [1.29, 1.82) is 0 Å². The molecule has 0 radical (unpaired) electrons. The minimum atomic E-state index is -0.556. The van der Waals surface area contributed by atoms with Crippen LogP contribution in [0.25, 0.3) is 0 Å². The zero-order valence-corrected chi connectivity index (χ0v) is 19.6. The summed E-state index contributed by atoms with van der Waals surface area (Å²) in [4.78, 5) is 2.23. The van der Waals surface area contributed by atoms with Crippen LogP contribution in [0, 0.1) is 5.92 Å². The van der Waals surface area contributed by atoms with E-state index < -0.39 is 6.10 Å². The predicted octanol–water partition coefficient (Wildman–Crippen LogP) is 6.46. The molecule has 2 rings (SSSR count). The van der Waals surface area contributed by atoms with Crippen molar-refractivity contribution >= 4 is 0 Å². The molecule has 2 N–H and O–H groups in total. The van der Waals surface area contributed by atoms with Gasteiger partial charge in [0.1, 0.15) is 5.75 Å². The molecular weight excluding hydrogens is 358 g/mol. The summed E-state index contributed by atoms with van der Waals surface area (Å²) in [6.07, 6.45) is 2.84. The molecule has 0 aliphatic rings. The van der Waals surface area contributed by atoms with E-state index in [2.05, 4.69) is 56.1 Å². The van der Waals surface area contributed by atoms with Gasteiger partial charge in [-0.05, 0) is 62.5 Å². The Morgan fingerprint density at radius 2 is 1.45 bits per heavy atom. The molecule has 0 spiro atoms. The first kappa shape index (κ1) is 27.2. The molecule has 2 aromatic rings. The fourth-order valence-corrected chi connectivity index (χ4v) is 3.18. The van der Waals surface area contributed by atoms with Crippen LogP contribution < -0.4 is 0 Å². The third-order valence-corrected chi connectivity index (χ3v) is 5.22. The van der Waals surface area contributed by atoms with Crippen molar-refractivity contribution in [2.45, 2.75) is 73.0 Å². The predicted molar refractivity (Wildman–Crippen MR) is 126 cm³/mol. The van der Waals surface area contributed by atoms with E-state index in [-0.39, 0.29) is 11.8 Å². The van der Waals surface area contributed by atoms with Crippen molar-refractivity contribution < 1.29 is 10.2 Å².